The molecule has 0 aliphatic rings. The van der Waals surface area contributed by atoms with Crippen molar-refractivity contribution in [3.05, 3.63) is 97.8 Å². The molecule has 0 saturated carbocycles. The van der Waals surface area contributed by atoms with Crippen LogP contribution in [0.5, 0.6) is 17.2 Å². The van der Waals surface area contributed by atoms with E-state index >= 15 is 0 Å². The maximum Gasteiger partial charge on any atom is 0.220 e. The number of hydrogen-bond donors (Lipinski definition) is 0. The summed E-state index contributed by atoms with van der Waals surface area (Å²) in [7, 11) is 0. The summed E-state index contributed by atoms with van der Waals surface area (Å²) in [5.74, 6) is 2.41. The predicted octanol–water partition coefficient (Wildman–Crippen LogP) is 7.37. The molecule has 0 unspecified atom stereocenters. The first-order valence-electron chi connectivity index (χ1n) is 12.6. The molecule has 1 atom stereocenters. The highest BCUT2D eigenvalue weighted by Gasteiger charge is 2.25. The van der Waals surface area contributed by atoms with Gasteiger partial charge in [0.25, 0.3) is 0 Å². The van der Waals surface area contributed by atoms with Crippen molar-refractivity contribution in [2.24, 2.45) is 0 Å². The van der Waals surface area contributed by atoms with Crippen LogP contribution in [0.1, 0.15) is 36.0 Å². The van der Waals surface area contributed by atoms with Gasteiger partial charge in [-0.25, -0.2) is 0 Å². The number of thioether (sulfide) groups is 1. The van der Waals surface area contributed by atoms with Gasteiger partial charge in [-0.05, 0) is 80.4 Å². The average Bonchev–Trinajstić information content (AvgIpc) is 3.29. The number of rotatable bonds is 13. The second-order valence-corrected chi connectivity index (χ2v) is 10.6. The average molecular weight is 604 g/mol. The first kappa shape index (κ1) is 29.5. The molecule has 0 N–H and O–H groups in total. The number of halogens is 2. The van der Waals surface area contributed by atoms with Crippen LogP contribution in [-0.2, 0) is 6.61 Å². The Morgan fingerprint density at radius 3 is 2.35 bits per heavy atom. The van der Waals surface area contributed by atoms with Crippen LogP contribution in [0.15, 0.2) is 65.8 Å². The minimum atomic E-state index is -0.566. The second-order valence-electron chi connectivity index (χ2n) is 8.59. The number of nitrogens with zero attached hydrogens (tertiary/aromatic N) is 4. The molecule has 0 amide bonds. The Hall–Kier alpha value is -3.47. The van der Waals surface area contributed by atoms with E-state index in [1.54, 1.807) is 30.3 Å². The van der Waals surface area contributed by atoms with E-state index in [0.717, 1.165) is 17.0 Å². The minimum Gasteiger partial charge on any atom is -0.494 e. The van der Waals surface area contributed by atoms with E-state index in [1.165, 1.54) is 11.8 Å². The maximum atomic E-state index is 11.7. The fourth-order valence-electron chi connectivity index (χ4n) is 3.95. The Morgan fingerprint density at radius 2 is 1.68 bits per heavy atom. The third-order valence-electron chi connectivity index (χ3n) is 5.78. The maximum absolute atomic E-state index is 11.7. The van der Waals surface area contributed by atoms with Crippen molar-refractivity contribution in [3.8, 4) is 22.9 Å². The molecule has 0 radical (unpaired) electrons. The van der Waals surface area contributed by atoms with E-state index in [0.29, 0.717) is 51.3 Å². The molecule has 1 heterocycles. The lowest BCUT2D eigenvalue weighted by Crippen LogP contribution is -2.12. The molecule has 0 bridgehead atoms. The fourth-order valence-corrected chi connectivity index (χ4v) is 5.44. The standard InChI is InChI=1S/C28H28Cl2N4O5S/c1-4-37-22-10-8-21(9-11-22)34-18(3)31-32-28(34)40-27(16-33(35)36)20-7-13-25(26(15-20)38-5-2)39-17-19-6-12-23(29)24(30)14-19/h6-15,27H,4-5,16-17H2,1-3H3/t27-/m1/s1. The van der Waals surface area contributed by atoms with Gasteiger partial charge in [0.05, 0.1) is 23.3 Å². The summed E-state index contributed by atoms with van der Waals surface area (Å²) in [6.07, 6.45) is 0. The third kappa shape index (κ3) is 7.38. The number of nitro groups is 1. The highest BCUT2D eigenvalue weighted by atomic mass is 35.5. The molecule has 9 nitrogen and oxygen atoms in total. The zero-order valence-electron chi connectivity index (χ0n) is 22.2. The molecule has 3 aromatic carbocycles. The highest BCUT2D eigenvalue weighted by Crippen LogP contribution is 2.40. The topological polar surface area (TPSA) is 102 Å². The SMILES string of the molecule is CCOc1ccc(-n2c(C)nnc2S[C@H](C[N+](=O)[O-])c2ccc(OCc3ccc(Cl)c(Cl)c3)c(OCC)c2)cc1. The fraction of sp³-hybridized carbons (Fsp3) is 0.286. The van der Waals surface area contributed by atoms with Gasteiger partial charge in [-0.3, -0.25) is 14.7 Å². The Kier molecular flexibility index (Phi) is 10.1. The van der Waals surface area contributed by atoms with Crippen molar-refractivity contribution in [1.82, 2.24) is 14.8 Å². The summed E-state index contributed by atoms with van der Waals surface area (Å²) >= 11 is 13.4. The van der Waals surface area contributed by atoms with Crippen molar-refractivity contribution in [2.45, 2.75) is 37.8 Å². The van der Waals surface area contributed by atoms with Gasteiger partial charge in [-0.1, -0.05) is 47.1 Å². The summed E-state index contributed by atoms with van der Waals surface area (Å²) in [6, 6.07) is 18.2. The summed E-state index contributed by atoms with van der Waals surface area (Å²) in [5.41, 5.74) is 2.37. The zero-order valence-corrected chi connectivity index (χ0v) is 24.5. The Labute approximate surface area is 246 Å². The molecule has 0 aliphatic heterocycles. The van der Waals surface area contributed by atoms with E-state index in [2.05, 4.69) is 10.2 Å². The van der Waals surface area contributed by atoms with Gasteiger partial charge in [-0.2, -0.15) is 0 Å². The largest absolute Gasteiger partial charge is 0.494 e. The van der Waals surface area contributed by atoms with Crippen LogP contribution in [0.2, 0.25) is 10.0 Å². The first-order valence-corrected chi connectivity index (χ1v) is 14.2. The minimum absolute atomic E-state index is 0.244. The van der Waals surface area contributed by atoms with E-state index in [9.17, 15) is 10.1 Å². The van der Waals surface area contributed by atoms with Crippen molar-refractivity contribution in [3.63, 3.8) is 0 Å². The van der Waals surface area contributed by atoms with Gasteiger partial charge in [0.1, 0.15) is 23.4 Å². The van der Waals surface area contributed by atoms with Gasteiger partial charge in [0, 0.05) is 10.6 Å². The molecule has 0 aliphatic carbocycles. The lowest BCUT2D eigenvalue weighted by molar-refractivity contribution is -0.479. The molecular formula is C28H28Cl2N4O5S. The smallest absolute Gasteiger partial charge is 0.220 e. The molecular weight excluding hydrogens is 575 g/mol. The number of ether oxygens (including phenoxy) is 3. The van der Waals surface area contributed by atoms with Gasteiger partial charge >= 0.3 is 0 Å². The number of aryl methyl sites for hydroxylation is 1. The molecule has 210 valence electrons. The summed E-state index contributed by atoms with van der Waals surface area (Å²) < 4.78 is 19.3. The molecule has 40 heavy (non-hydrogen) atoms. The van der Waals surface area contributed by atoms with E-state index in [4.69, 9.17) is 37.4 Å². The second kappa shape index (κ2) is 13.7. The summed E-state index contributed by atoms with van der Waals surface area (Å²) in [4.78, 5) is 11.3. The molecule has 0 saturated heterocycles. The number of aromatic nitrogens is 3. The van der Waals surface area contributed by atoms with Crippen molar-refractivity contribution < 1.29 is 19.1 Å². The molecule has 4 aromatic rings. The summed E-state index contributed by atoms with van der Waals surface area (Å²) in [5, 5.41) is 21.1. The first-order chi connectivity index (χ1) is 19.3. The lowest BCUT2D eigenvalue weighted by Gasteiger charge is -2.17. The normalized spacial score (nSPS) is 11.7. The number of benzene rings is 3. The van der Waals surface area contributed by atoms with Crippen LogP contribution in [0.25, 0.3) is 5.69 Å². The van der Waals surface area contributed by atoms with Crippen LogP contribution >= 0.6 is 35.0 Å². The van der Waals surface area contributed by atoms with Gasteiger partial charge in [0.15, 0.2) is 16.7 Å². The van der Waals surface area contributed by atoms with Gasteiger partial charge in [0.2, 0.25) is 6.54 Å². The molecule has 12 heteroatoms. The van der Waals surface area contributed by atoms with Crippen molar-refractivity contribution in [1.29, 1.82) is 0 Å². The predicted molar refractivity (Wildman–Crippen MR) is 156 cm³/mol. The van der Waals surface area contributed by atoms with Crippen LogP contribution in [-0.4, -0.2) is 39.4 Å². The van der Waals surface area contributed by atoms with Gasteiger partial charge < -0.3 is 14.2 Å². The monoisotopic (exact) mass is 602 g/mol. The van der Waals surface area contributed by atoms with Crippen LogP contribution in [0.3, 0.4) is 0 Å². The Morgan fingerprint density at radius 1 is 0.925 bits per heavy atom. The molecule has 4 rings (SSSR count). The third-order valence-corrected chi connectivity index (χ3v) is 7.70. The quantitative estimate of drug-likeness (QED) is 0.0887. The van der Waals surface area contributed by atoms with E-state index in [1.807, 2.05) is 55.7 Å². The van der Waals surface area contributed by atoms with E-state index < -0.39 is 5.25 Å². The zero-order chi connectivity index (χ0) is 28.6. The highest BCUT2D eigenvalue weighted by molar-refractivity contribution is 7.99. The molecule has 0 fully saturated rings. The van der Waals surface area contributed by atoms with Crippen LogP contribution in [0, 0.1) is 17.0 Å². The Bertz CT molecular complexity index is 1470. The van der Waals surface area contributed by atoms with E-state index in [-0.39, 0.29) is 18.1 Å². The number of hydrogen-bond acceptors (Lipinski definition) is 8. The van der Waals surface area contributed by atoms with Crippen LogP contribution in [0.4, 0.5) is 0 Å². The Balaban J connectivity index is 1.60. The van der Waals surface area contributed by atoms with Gasteiger partial charge in [-0.15, -0.1) is 10.2 Å². The summed E-state index contributed by atoms with van der Waals surface area (Å²) in [6.45, 7) is 6.50. The van der Waals surface area contributed by atoms with Crippen molar-refractivity contribution in [2.75, 3.05) is 19.8 Å². The molecule has 1 aromatic heterocycles. The van der Waals surface area contributed by atoms with Crippen molar-refractivity contribution >= 4 is 35.0 Å². The molecule has 0 spiro atoms. The van der Waals surface area contributed by atoms with Crippen LogP contribution < -0.4 is 14.2 Å². The lowest BCUT2D eigenvalue weighted by atomic mass is 10.1.